The number of halogens is 2. The van der Waals surface area contributed by atoms with Crippen LogP contribution in [0.4, 0.5) is 0 Å². The normalized spacial score (nSPS) is 11.3. The van der Waals surface area contributed by atoms with Crippen LogP contribution in [0.2, 0.25) is 5.02 Å². The van der Waals surface area contributed by atoms with Gasteiger partial charge in [-0.3, -0.25) is 4.79 Å². The highest BCUT2D eigenvalue weighted by molar-refractivity contribution is 9.10. The molecule has 0 spiro atoms. The highest BCUT2D eigenvalue weighted by Crippen LogP contribution is 2.43. The molecular formula is C34H24BrClN4O5. The van der Waals surface area contributed by atoms with E-state index >= 15 is 0 Å². The molecule has 0 unspecified atom stereocenters. The smallest absolute Gasteiger partial charge is 0.282 e. The van der Waals surface area contributed by atoms with Crippen molar-refractivity contribution in [2.75, 3.05) is 13.7 Å². The zero-order chi connectivity index (χ0) is 31.5. The third kappa shape index (κ3) is 5.76. The van der Waals surface area contributed by atoms with Gasteiger partial charge in [0.25, 0.3) is 5.56 Å². The number of furan rings is 1. The van der Waals surface area contributed by atoms with Crippen LogP contribution in [0.1, 0.15) is 23.6 Å². The highest BCUT2D eigenvalue weighted by Gasteiger charge is 2.20. The molecule has 0 fully saturated rings. The molecule has 0 aliphatic carbocycles. The van der Waals surface area contributed by atoms with Crippen molar-refractivity contribution < 1.29 is 18.6 Å². The summed E-state index contributed by atoms with van der Waals surface area (Å²) in [5.41, 5.74) is 2.42. The summed E-state index contributed by atoms with van der Waals surface area (Å²) in [4.78, 5) is 18.5. The third-order valence-corrected chi connectivity index (χ3v) is 8.44. The molecule has 0 atom stereocenters. The Bertz CT molecular complexity index is 2200. The molecule has 0 aliphatic heterocycles. The Balaban J connectivity index is 1.44. The van der Waals surface area contributed by atoms with Crippen molar-refractivity contribution >= 4 is 55.6 Å². The van der Waals surface area contributed by atoms with Crippen LogP contribution in [-0.4, -0.2) is 29.6 Å². The van der Waals surface area contributed by atoms with Crippen LogP contribution in [-0.2, 0) is 6.61 Å². The fourth-order valence-electron chi connectivity index (χ4n) is 4.83. The first-order valence-electron chi connectivity index (χ1n) is 13.8. The topological polar surface area (TPSA) is 112 Å². The summed E-state index contributed by atoms with van der Waals surface area (Å²) in [7, 11) is 1.58. The maximum absolute atomic E-state index is 13.8. The Morgan fingerprint density at radius 2 is 1.84 bits per heavy atom. The van der Waals surface area contributed by atoms with Gasteiger partial charge in [0.2, 0.25) is 5.82 Å². The third-order valence-electron chi connectivity index (χ3n) is 6.99. The molecule has 4 aromatic carbocycles. The van der Waals surface area contributed by atoms with Crippen LogP contribution in [0.25, 0.3) is 33.5 Å². The van der Waals surface area contributed by atoms with Crippen molar-refractivity contribution in [3.8, 4) is 34.9 Å². The number of methoxy groups -OCH3 is 1. The van der Waals surface area contributed by atoms with E-state index < -0.39 is 0 Å². The molecule has 224 valence electrons. The molecule has 45 heavy (non-hydrogen) atoms. The van der Waals surface area contributed by atoms with E-state index in [9.17, 15) is 10.1 Å². The van der Waals surface area contributed by atoms with E-state index in [4.69, 9.17) is 35.2 Å². The second kappa shape index (κ2) is 12.9. The van der Waals surface area contributed by atoms with Crippen LogP contribution >= 0.6 is 27.5 Å². The van der Waals surface area contributed by atoms with Gasteiger partial charge in [-0.25, -0.2) is 4.98 Å². The summed E-state index contributed by atoms with van der Waals surface area (Å²) < 4.78 is 25.2. The summed E-state index contributed by atoms with van der Waals surface area (Å²) in [6.07, 6.45) is 1.48. The average molecular weight is 684 g/mol. The van der Waals surface area contributed by atoms with Gasteiger partial charge >= 0.3 is 0 Å². The number of hydrogen-bond donors (Lipinski definition) is 0. The van der Waals surface area contributed by atoms with Gasteiger partial charge in [0.1, 0.15) is 23.0 Å². The summed E-state index contributed by atoms with van der Waals surface area (Å²) >= 11 is 10.3. The number of aromatic nitrogens is 2. The van der Waals surface area contributed by atoms with Crippen molar-refractivity contribution in [1.29, 1.82) is 5.26 Å². The van der Waals surface area contributed by atoms with Gasteiger partial charge in [0.15, 0.2) is 17.3 Å². The van der Waals surface area contributed by atoms with Crippen molar-refractivity contribution in [3.05, 3.63) is 115 Å². The van der Waals surface area contributed by atoms with Crippen LogP contribution in [0.3, 0.4) is 0 Å². The first kappa shape index (κ1) is 29.9. The maximum Gasteiger partial charge on any atom is 0.282 e. The van der Waals surface area contributed by atoms with E-state index in [0.717, 1.165) is 5.39 Å². The van der Waals surface area contributed by atoms with Crippen LogP contribution < -0.4 is 19.8 Å². The molecule has 0 saturated carbocycles. The molecule has 6 aromatic rings. The fourth-order valence-corrected chi connectivity index (χ4v) is 5.49. The van der Waals surface area contributed by atoms with Crippen LogP contribution in [0.15, 0.2) is 97.6 Å². The Morgan fingerprint density at radius 1 is 1.04 bits per heavy atom. The molecule has 0 N–H and O–H groups in total. The van der Waals surface area contributed by atoms with Gasteiger partial charge in [-0.1, -0.05) is 48.0 Å². The number of para-hydroxylation sites is 1. The Hall–Kier alpha value is -5.11. The lowest BCUT2D eigenvalue weighted by atomic mass is 10.1. The molecule has 2 heterocycles. The summed E-state index contributed by atoms with van der Waals surface area (Å²) in [5, 5.41) is 15.4. The standard InChI is InChI=1S/C34H24BrClN4O5/c1-3-43-28-15-22(30(35)31(36)32(28)44-19-21-10-5-4-9-20(21)17-37)18-38-40-33(39-25-12-7-6-11-23(25)34(40)41)29-16-24-26(42-2)13-8-14-27(24)45-29/h4-16,18H,3,19H2,1-2H3. The monoisotopic (exact) mass is 682 g/mol. The first-order chi connectivity index (χ1) is 21.9. The van der Waals surface area contributed by atoms with E-state index in [1.165, 1.54) is 10.9 Å². The molecule has 11 heteroatoms. The molecule has 0 bridgehead atoms. The van der Waals surface area contributed by atoms with Crippen molar-refractivity contribution in [1.82, 2.24) is 9.66 Å². The van der Waals surface area contributed by atoms with Gasteiger partial charge in [-0.15, -0.1) is 0 Å². The van der Waals surface area contributed by atoms with E-state index in [1.54, 1.807) is 49.6 Å². The van der Waals surface area contributed by atoms with Gasteiger partial charge < -0.3 is 18.6 Å². The van der Waals surface area contributed by atoms with Crippen molar-refractivity contribution in [3.63, 3.8) is 0 Å². The highest BCUT2D eigenvalue weighted by atomic mass is 79.9. The van der Waals surface area contributed by atoms with Crippen LogP contribution in [0.5, 0.6) is 17.2 Å². The number of hydrogen-bond acceptors (Lipinski definition) is 8. The SMILES string of the molecule is CCOc1cc(C=Nn2c(-c3cc4c(OC)cccc4o3)nc3ccccc3c2=O)c(Br)c(Cl)c1OCc1ccccc1C#N. The molecule has 0 radical (unpaired) electrons. The van der Waals surface area contributed by atoms with E-state index in [-0.39, 0.29) is 23.0 Å². The number of ether oxygens (including phenoxy) is 3. The Kier molecular flexibility index (Phi) is 8.56. The minimum absolute atomic E-state index is 0.104. The fraction of sp³-hybridized carbons (Fsp3) is 0.118. The lowest BCUT2D eigenvalue weighted by molar-refractivity contribution is 0.269. The largest absolute Gasteiger partial charge is 0.496 e. The van der Waals surface area contributed by atoms with Crippen molar-refractivity contribution in [2.45, 2.75) is 13.5 Å². The van der Waals surface area contributed by atoms with Gasteiger partial charge in [-0.2, -0.15) is 15.0 Å². The predicted octanol–water partition coefficient (Wildman–Crippen LogP) is 7.97. The van der Waals surface area contributed by atoms with E-state index in [1.807, 2.05) is 43.3 Å². The van der Waals surface area contributed by atoms with Gasteiger partial charge in [0, 0.05) is 15.6 Å². The molecule has 0 saturated heterocycles. The van der Waals surface area contributed by atoms with E-state index in [2.05, 4.69) is 27.1 Å². The molecular weight excluding hydrogens is 660 g/mol. The molecule has 6 rings (SSSR count). The number of rotatable bonds is 9. The zero-order valence-corrected chi connectivity index (χ0v) is 26.4. The second-order valence-electron chi connectivity index (χ2n) is 9.71. The maximum atomic E-state index is 13.8. The quantitative estimate of drug-likeness (QED) is 0.142. The number of fused-ring (bicyclic) bond motifs is 2. The molecule has 2 aromatic heterocycles. The Morgan fingerprint density at radius 3 is 2.64 bits per heavy atom. The summed E-state index contributed by atoms with van der Waals surface area (Å²) in [6.45, 7) is 2.29. The minimum atomic E-state index is -0.386. The van der Waals surface area contributed by atoms with Gasteiger partial charge in [-0.05, 0) is 65.3 Å². The van der Waals surface area contributed by atoms with Crippen molar-refractivity contribution in [2.24, 2.45) is 5.10 Å². The second-order valence-corrected chi connectivity index (χ2v) is 10.9. The zero-order valence-electron chi connectivity index (χ0n) is 24.1. The van der Waals surface area contributed by atoms with E-state index in [0.29, 0.717) is 67.3 Å². The average Bonchev–Trinajstić information content (AvgIpc) is 3.51. The lowest BCUT2D eigenvalue weighted by Crippen LogP contribution is -2.20. The lowest BCUT2D eigenvalue weighted by Gasteiger charge is -2.16. The molecule has 9 nitrogen and oxygen atoms in total. The molecule has 0 amide bonds. The number of nitrogens with zero attached hydrogens (tertiary/aromatic N) is 4. The minimum Gasteiger partial charge on any atom is -0.496 e. The first-order valence-corrected chi connectivity index (χ1v) is 15.0. The molecule has 0 aliphatic rings. The summed E-state index contributed by atoms with van der Waals surface area (Å²) in [6, 6.07) is 25.3. The van der Waals surface area contributed by atoms with Gasteiger partial charge in [0.05, 0.1) is 47.9 Å². The van der Waals surface area contributed by atoms with Crippen LogP contribution in [0, 0.1) is 11.3 Å². The predicted molar refractivity (Wildman–Crippen MR) is 177 cm³/mol. The number of benzene rings is 4. The Labute approximate surface area is 271 Å². The summed E-state index contributed by atoms with van der Waals surface area (Å²) in [5.74, 6) is 1.84. The number of nitriles is 1.